The largest absolute Gasteiger partial charge is 0.481 e. The molecule has 3 N–H and O–H groups in total. The molecular weight excluding hydrogens is 286 g/mol. The number of allylic oxidation sites excluding steroid dienone is 2. The van der Waals surface area contributed by atoms with Crippen LogP contribution in [0.4, 0.5) is 0 Å². The van der Waals surface area contributed by atoms with Crippen LogP contribution in [-0.4, -0.2) is 17.6 Å². The highest BCUT2D eigenvalue weighted by Gasteiger charge is 2.28. The van der Waals surface area contributed by atoms with E-state index < -0.39 is 5.97 Å². The first-order valence-corrected chi connectivity index (χ1v) is 9.45. The van der Waals surface area contributed by atoms with Crippen molar-refractivity contribution in [2.75, 3.05) is 6.54 Å². The fraction of sp³-hybridized carbons (Fsp3) is 0.750. The van der Waals surface area contributed by atoms with Crippen LogP contribution in [-0.2, 0) is 4.79 Å². The van der Waals surface area contributed by atoms with Gasteiger partial charge in [-0.3, -0.25) is 4.79 Å². The van der Waals surface area contributed by atoms with Gasteiger partial charge in [-0.25, -0.2) is 0 Å². The lowest BCUT2D eigenvalue weighted by Crippen LogP contribution is -2.29. The first-order chi connectivity index (χ1) is 11.2. The van der Waals surface area contributed by atoms with E-state index in [1.54, 1.807) is 0 Å². The van der Waals surface area contributed by atoms with Crippen LogP contribution in [0.2, 0.25) is 0 Å². The molecule has 0 unspecified atom stereocenters. The summed E-state index contributed by atoms with van der Waals surface area (Å²) in [6, 6.07) is 0. The molecule has 0 aromatic rings. The summed E-state index contributed by atoms with van der Waals surface area (Å²) in [4.78, 5) is 11.1. The molecule has 3 atom stereocenters. The van der Waals surface area contributed by atoms with Crippen molar-refractivity contribution in [1.82, 2.24) is 0 Å². The lowest BCUT2D eigenvalue weighted by molar-refractivity contribution is -0.140. The van der Waals surface area contributed by atoms with E-state index in [9.17, 15) is 4.79 Å². The van der Waals surface area contributed by atoms with E-state index in [4.69, 9.17) is 10.8 Å². The second-order valence-corrected chi connectivity index (χ2v) is 6.83. The number of hydrogen-bond acceptors (Lipinski definition) is 2. The van der Waals surface area contributed by atoms with Crippen LogP contribution in [0.1, 0.15) is 71.1 Å². The van der Waals surface area contributed by atoms with Crippen LogP contribution in [0.15, 0.2) is 24.3 Å². The zero-order valence-corrected chi connectivity index (χ0v) is 14.8. The molecule has 1 rings (SSSR count). The molecule has 132 valence electrons. The molecule has 0 spiro atoms. The van der Waals surface area contributed by atoms with Gasteiger partial charge >= 0.3 is 5.97 Å². The predicted octanol–water partition coefficient (Wildman–Crippen LogP) is 4.93. The number of carboxylic acids is 1. The maximum Gasteiger partial charge on any atom is 0.310 e. The van der Waals surface area contributed by atoms with Crippen molar-refractivity contribution >= 4 is 5.97 Å². The second-order valence-electron chi connectivity index (χ2n) is 6.83. The number of aliphatic carboxylic acids is 1. The van der Waals surface area contributed by atoms with Crippen molar-refractivity contribution in [3.8, 4) is 0 Å². The van der Waals surface area contributed by atoms with Crippen molar-refractivity contribution < 1.29 is 9.90 Å². The minimum absolute atomic E-state index is 0.314. The van der Waals surface area contributed by atoms with Gasteiger partial charge in [0.25, 0.3) is 0 Å². The Balaban J connectivity index is 2.15. The monoisotopic (exact) mass is 321 g/mol. The van der Waals surface area contributed by atoms with Crippen molar-refractivity contribution in [3.63, 3.8) is 0 Å². The molecular formula is C20H35NO2. The Hall–Kier alpha value is -1.09. The number of unbranched alkanes of at least 4 members (excludes halogenated alkanes) is 6. The summed E-state index contributed by atoms with van der Waals surface area (Å²) < 4.78 is 0. The van der Waals surface area contributed by atoms with Crippen molar-refractivity contribution in [2.45, 2.75) is 71.1 Å². The third-order valence-electron chi connectivity index (χ3n) is 4.93. The third-order valence-corrected chi connectivity index (χ3v) is 4.93. The van der Waals surface area contributed by atoms with Gasteiger partial charge in [0.15, 0.2) is 0 Å². The molecule has 23 heavy (non-hydrogen) atoms. The Morgan fingerprint density at radius 2 is 1.83 bits per heavy atom. The molecule has 1 aliphatic carbocycles. The molecule has 0 heterocycles. The highest BCUT2D eigenvalue weighted by atomic mass is 16.4. The van der Waals surface area contributed by atoms with Gasteiger partial charge in [-0.2, -0.15) is 0 Å². The molecule has 1 aliphatic rings. The molecule has 0 aliphatic heterocycles. The minimum atomic E-state index is -0.701. The Labute approximate surface area is 142 Å². The van der Waals surface area contributed by atoms with E-state index in [1.165, 1.54) is 44.9 Å². The average molecular weight is 322 g/mol. The molecule has 0 saturated carbocycles. The molecule has 0 saturated heterocycles. The summed E-state index contributed by atoms with van der Waals surface area (Å²) in [5.74, 6) is -0.220. The first kappa shape index (κ1) is 20.0. The molecule has 0 bridgehead atoms. The van der Waals surface area contributed by atoms with E-state index >= 15 is 0 Å². The summed E-state index contributed by atoms with van der Waals surface area (Å²) in [7, 11) is 0. The minimum Gasteiger partial charge on any atom is -0.481 e. The number of hydrogen-bond donors (Lipinski definition) is 2. The quantitative estimate of drug-likeness (QED) is 0.396. The zero-order chi connectivity index (χ0) is 16.9. The summed E-state index contributed by atoms with van der Waals surface area (Å²) in [6.45, 7) is 2.87. The number of rotatable bonds is 12. The standard InChI is InChI=1S/C20H35NO2/c1-2-3-4-5-6-7-8-9-10-11-12-17-15-18(20(22)23)13-14-19(17)16-21/h7-8,13-14,17-19H,2-6,9-12,15-16,21H2,1H3,(H,22,23)/b8-7-/t17-,18-,19+/m1/s1. The van der Waals surface area contributed by atoms with Gasteiger partial charge in [0.2, 0.25) is 0 Å². The number of carboxylic acid groups (broad SMARTS) is 1. The average Bonchev–Trinajstić information content (AvgIpc) is 2.56. The normalized spacial score (nSPS) is 24.3. The zero-order valence-electron chi connectivity index (χ0n) is 14.8. The highest BCUT2D eigenvalue weighted by Crippen LogP contribution is 2.32. The van der Waals surface area contributed by atoms with E-state index in [1.807, 2.05) is 12.2 Å². The van der Waals surface area contributed by atoms with Crippen LogP contribution >= 0.6 is 0 Å². The van der Waals surface area contributed by atoms with Crippen molar-refractivity contribution in [1.29, 1.82) is 0 Å². The molecule has 3 nitrogen and oxygen atoms in total. The Kier molecular flexibility index (Phi) is 10.7. The van der Waals surface area contributed by atoms with E-state index in [-0.39, 0.29) is 5.92 Å². The van der Waals surface area contributed by atoms with E-state index in [0.717, 1.165) is 19.3 Å². The first-order valence-electron chi connectivity index (χ1n) is 9.45. The van der Waals surface area contributed by atoms with Gasteiger partial charge in [-0.15, -0.1) is 0 Å². The van der Waals surface area contributed by atoms with E-state index in [2.05, 4.69) is 19.1 Å². The molecule has 0 amide bonds. The molecule has 0 radical (unpaired) electrons. The van der Waals surface area contributed by atoms with Crippen molar-refractivity contribution in [2.24, 2.45) is 23.5 Å². The number of nitrogens with two attached hydrogens (primary N) is 1. The number of carbonyl (C=O) groups is 1. The maximum absolute atomic E-state index is 11.1. The van der Waals surface area contributed by atoms with Gasteiger partial charge in [-0.05, 0) is 56.9 Å². The lowest BCUT2D eigenvalue weighted by Gasteiger charge is -2.29. The summed E-state index contributed by atoms with van der Waals surface area (Å²) >= 11 is 0. The summed E-state index contributed by atoms with van der Waals surface area (Å²) in [6.07, 6.45) is 20.4. The smallest absolute Gasteiger partial charge is 0.310 e. The topological polar surface area (TPSA) is 63.3 Å². The highest BCUT2D eigenvalue weighted by molar-refractivity contribution is 5.72. The van der Waals surface area contributed by atoms with Gasteiger partial charge in [-0.1, -0.05) is 56.9 Å². The maximum atomic E-state index is 11.1. The summed E-state index contributed by atoms with van der Waals surface area (Å²) in [5, 5.41) is 9.17. The predicted molar refractivity (Wildman–Crippen MR) is 97.3 cm³/mol. The Bertz CT molecular complexity index is 376. The molecule has 0 fully saturated rings. The van der Waals surface area contributed by atoms with Crippen LogP contribution in [0, 0.1) is 17.8 Å². The van der Waals surface area contributed by atoms with Crippen LogP contribution < -0.4 is 5.73 Å². The van der Waals surface area contributed by atoms with Crippen LogP contribution in [0.25, 0.3) is 0 Å². The van der Waals surface area contributed by atoms with Crippen molar-refractivity contribution in [3.05, 3.63) is 24.3 Å². The van der Waals surface area contributed by atoms with Gasteiger partial charge in [0.1, 0.15) is 0 Å². The second kappa shape index (κ2) is 12.3. The SMILES string of the molecule is CCCCCC/C=C\CCCC[C@@H]1C[C@H](C(=O)O)C=C[C@H]1CN. The van der Waals surface area contributed by atoms with Gasteiger partial charge in [0.05, 0.1) is 5.92 Å². The summed E-state index contributed by atoms with van der Waals surface area (Å²) in [5.41, 5.74) is 5.83. The van der Waals surface area contributed by atoms with Crippen LogP contribution in [0.5, 0.6) is 0 Å². The molecule has 3 heteroatoms. The van der Waals surface area contributed by atoms with Crippen LogP contribution in [0.3, 0.4) is 0 Å². The molecule has 0 aromatic carbocycles. The molecule has 0 aromatic heterocycles. The van der Waals surface area contributed by atoms with Gasteiger partial charge in [0, 0.05) is 0 Å². The van der Waals surface area contributed by atoms with Gasteiger partial charge < -0.3 is 10.8 Å². The lowest BCUT2D eigenvalue weighted by atomic mass is 9.76. The third kappa shape index (κ3) is 8.36. The Morgan fingerprint density at radius 1 is 1.13 bits per heavy atom. The van der Waals surface area contributed by atoms with E-state index in [0.29, 0.717) is 18.4 Å². The fourth-order valence-electron chi connectivity index (χ4n) is 3.39. The fourth-order valence-corrected chi connectivity index (χ4v) is 3.39. The Morgan fingerprint density at radius 3 is 2.43 bits per heavy atom.